The zero-order valence-electron chi connectivity index (χ0n) is 20.8. The summed E-state index contributed by atoms with van der Waals surface area (Å²) in [6.07, 6.45) is 2.54. The van der Waals surface area contributed by atoms with E-state index in [1.54, 1.807) is 16.7 Å². The number of nitrogens with zero attached hydrogens (tertiary/aromatic N) is 2. The minimum absolute atomic E-state index is 0.104. The summed E-state index contributed by atoms with van der Waals surface area (Å²) in [6, 6.07) is 16.2. The third-order valence-electron chi connectivity index (χ3n) is 6.47. The molecule has 0 aliphatic carbocycles. The summed E-state index contributed by atoms with van der Waals surface area (Å²) in [5.74, 6) is -1.63. The fourth-order valence-corrected chi connectivity index (χ4v) is 4.64. The van der Waals surface area contributed by atoms with Crippen LogP contribution < -0.4 is 5.56 Å². The van der Waals surface area contributed by atoms with Gasteiger partial charge >= 0.3 is 0 Å². The SMILES string of the molecule is CCCCc1nc(=O)c(Cc2cccc(-c3ccc(F)cc3)c2)c(O)n1[C@@H](CC)c1cc(F)cc(F)c1. The van der Waals surface area contributed by atoms with Crippen molar-refractivity contribution in [2.24, 2.45) is 0 Å². The first kappa shape index (κ1) is 26.2. The number of benzene rings is 3. The number of hydrogen-bond acceptors (Lipinski definition) is 3. The Bertz CT molecular complexity index is 1430. The number of unbranched alkanes of at least 4 members (excludes halogenated alkanes) is 1. The third-order valence-corrected chi connectivity index (χ3v) is 6.47. The van der Waals surface area contributed by atoms with Gasteiger partial charge in [0.25, 0.3) is 5.56 Å². The average molecular weight is 507 g/mol. The zero-order valence-corrected chi connectivity index (χ0v) is 20.8. The van der Waals surface area contributed by atoms with Crippen LogP contribution >= 0.6 is 0 Å². The van der Waals surface area contributed by atoms with Crippen LogP contribution in [-0.4, -0.2) is 14.7 Å². The van der Waals surface area contributed by atoms with Crippen molar-refractivity contribution in [2.45, 2.75) is 52.0 Å². The van der Waals surface area contributed by atoms with E-state index in [2.05, 4.69) is 4.98 Å². The monoisotopic (exact) mass is 506 g/mol. The normalized spacial score (nSPS) is 12.0. The molecule has 0 saturated heterocycles. The van der Waals surface area contributed by atoms with Gasteiger partial charge in [0, 0.05) is 18.9 Å². The molecule has 0 unspecified atom stereocenters. The first-order valence-electron chi connectivity index (χ1n) is 12.4. The van der Waals surface area contributed by atoms with Crippen molar-refractivity contribution >= 4 is 0 Å². The number of aryl methyl sites for hydroxylation is 1. The molecule has 4 aromatic rings. The fraction of sp³-hybridized carbons (Fsp3) is 0.267. The molecule has 0 aliphatic rings. The summed E-state index contributed by atoms with van der Waals surface area (Å²) in [4.78, 5) is 17.4. The maximum Gasteiger partial charge on any atom is 0.280 e. The van der Waals surface area contributed by atoms with Crippen molar-refractivity contribution < 1.29 is 18.3 Å². The maximum absolute atomic E-state index is 14.1. The van der Waals surface area contributed by atoms with Crippen molar-refractivity contribution in [3.8, 4) is 17.0 Å². The Morgan fingerprint density at radius 1 is 0.892 bits per heavy atom. The van der Waals surface area contributed by atoms with E-state index in [1.165, 1.54) is 24.3 Å². The molecule has 1 N–H and O–H groups in total. The van der Waals surface area contributed by atoms with Crippen LogP contribution in [0.4, 0.5) is 13.2 Å². The lowest BCUT2D eigenvalue weighted by atomic mass is 9.99. The first-order chi connectivity index (χ1) is 17.8. The van der Waals surface area contributed by atoms with Crippen molar-refractivity contribution in [1.29, 1.82) is 0 Å². The number of rotatable bonds is 9. The summed E-state index contributed by atoms with van der Waals surface area (Å²) in [6.45, 7) is 3.85. The van der Waals surface area contributed by atoms with Crippen LogP contribution in [0.2, 0.25) is 0 Å². The molecule has 1 atom stereocenters. The summed E-state index contributed by atoms with van der Waals surface area (Å²) >= 11 is 0. The van der Waals surface area contributed by atoms with Gasteiger partial charge in [-0.2, -0.15) is 4.98 Å². The number of halogens is 3. The standard InChI is InChI=1S/C30H29F3N2O2/c1-3-5-9-28-34-29(36)26(15-19-7-6-8-21(14-19)20-10-12-23(31)13-11-20)30(37)35(28)27(4-2)22-16-24(32)18-25(33)17-22/h6-8,10-14,16-18,27,37H,3-5,9,15H2,1-2H3/t27-/m0/s1. The lowest BCUT2D eigenvalue weighted by Crippen LogP contribution is -2.26. The maximum atomic E-state index is 14.1. The second-order valence-corrected chi connectivity index (χ2v) is 9.12. The Kier molecular flexibility index (Phi) is 8.11. The summed E-state index contributed by atoms with van der Waals surface area (Å²) < 4.78 is 43.1. The van der Waals surface area contributed by atoms with Crippen molar-refractivity contribution in [1.82, 2.24) is 9.55 Å². The van der Waals surface area contributed by atoms with Crippen LogP contribution in [0.3, 0.4) is 0 Å². The van der Waals surface area contributed by atoms with Gasteiger partial charge in [-0.05, 0) is 59.4 Å². The van der Waals surface area contributed by atoms with Gasteiger partial charge in [-0.3, -0.25) is 9.36 Å². The summed E-state index contributed by atoms with van der Waals surface area (Å²) in [5.41, 5.74) is 2.33. The molecule has 1 heterocycles. The fourth-order valence-electron chi connectivity index (χ4n) is 4.64. The summed E-state index contributed by atoms with van der Waals surface area (Å²) in [5, 5.41) is 11.4. The Morgan fingerprint density at radius 2 is 1.59 bits per heavy atom. The van der Waals surface area contributed by atoms with Gasteiger partial charge in [-0.15, -0.1) is 0 Å². The Hall–Kier alpha value is -3.87. The van der Waals surface area contributed by atoms with Crippen LogP contribution in [-0.2, 0) is 12.8 Å². The van der Waals surface area contributed by atoms with Gasteiger partial charge in [0.05, 0.1) is 11.6 Å². The van der Waals surface area contributed by atoms with Gasteiger partial charge in [-0.25, -0.2) is 13.2 Å². The van der Waals surface area contributed by atoms with E-state index >= 15 is 0 Å². The van der Waals surface area contributed by atoms with Gasteiger partial charge in [0.1, 0.15) is 23.3 Å². The predicted molar refractivity (Wildman–Crippen MR) is 138 cm³/mol. The second kappa shape index (κ2) is 11.5. The molecule has 0 amide bonds. The molecule has 0 fully saturated rings. The van der Waals surface area contributed by atoms with E-state index in [1.807, 2.05) is 38.1 Å². The highest BCUT2D eigenvalue weighted by atomic mass is 19.1. The Morgan fingerprint density at radius 3 is 2.24 bits per heavy atom. The minimum atomic E-state index is -0.713. The lowest BCUT2D eigenvalue weighted by molar-refractivity contribution is 0.367. The molecule has 0 aliphatic heterocycles. The van der Waals surface area contributed by atoms with E-state index < -0.39 is 23.2 Å². The largest absolute Gasteiger partial charge is 0.494 e. The molecule has 1 aromatic heterocycles. The van der Waals surface area contributed by atoms with Crippen LogP contribution in [0.25, 0.3) is 11.1 Å². The highest BCUT2D eigenvalue weighted by Crippen LogP contribution is 2.32. The number of hydrogen-bond donors (Lipinski definition) is 1. The number of aromatic hydroxyl groups is 1. The molecule has 37 heavy (non-hydrogen) atoms. The van der Waals surface area contributed by atoms with E-state index in [-0.39, 0.29) is 23.7 Å². The number of aromatic nitrogens is 2. The highest BCUT2D eigenvalue weighted by molar-refractivity contribution is 5.64. The Labute approximate surface area is 214 Å². The molecule has 3 aromatic carbocycles. The second-order valence-electron chi connectivity index (χ2n) is 9.12. The molecule has 0 radical (unpaired) electrons. The molecule has 192 valence electrons. The van der Waals surface area contributed by atoms with Crippen LogP contribution in [0, 0.1) is 17.5 Å². The zero-order chi connectivity index (χ0) is 26.5. The molecule has 4 rings (SSSR count). The van der Waals surface area contributed by atoms with Crippen molar-refractivity contribution in [2.75, 3.05) is 0 Å². The van der Waals surface area contributed by atoms with Crippen LogP contribution in [0.5, 0.6) is 5.88 Å². The van der Waals surface area contributed by atoms with E-state index in [9.17, 15) is 23.1 Å². The first-order valence-corrected chi connectivity index (χ1v) is 12.4. The average Bonchev–Trinajstić information content (AvgIpc) is 2.87. The minimum Gasteiger partial charge on any atom is -0.494 e. The molecule has 0 saturated carbocycles. The van der Waals surface area contributed by atoms with Crippen LogP contribution in [0.15, 0.2) is 71.5 Å². The lowest BCUT2D eigenvalue weighted by Gasteiger charge is -2.25. The topological polar surface area (TPSA) is 55.1 Å². The molecular weight excluding hydrogens is 477 g/mol. The smallest absolute Gasteiger partial charge is 0.280 e. The van der Waals surface area contributed by atoms with Crippen molar-refractivity contribution in [3.63, 3.8) is 0 Å². The van der Waals surface area contributed by atoms with E-state index in [4.69, 9.17) is 0 Å². The van der Waals surface area contributed by atoms with Gasteiger partial charge < -0.3 is 5.11 Å². The van der Waals surface area contributed by atoms with Crippen LogP contribution in [0.1, 0.15) is 61.7 Å². The van der Waals surface area contributed by atoms with Gasteiger partial charge in [0.15, 0.2) is 0 Å². The summed E-state index contributed by atoms with van der Waals surface area (Å²) in [7, 11) is 0. The quantitative estimate of drug-likeness (QED) is 0.267. The molecule has 7 heteroatoms. The van der Waals surface area contributed by atoms with Gasteiger partial charge in [0.2, 0.25) is 5.88 Å². The molecule has 0 spiro atoms. The molecular formula is C30H29F3N2O2. The highest BCUT2D eigenvalue weighted by Gasteiger charge is 2.24. The van der Waals surface area contributed by atoms with Gasteiger partial charge in [-0.1, -0.05) is 56.7 Å². The third kappa shape index (κ3) is 5.93. The Balaban J connectivity index is 1.80. The molecule has 0 bridgehead atoms. The predicted octanol–water partition coefficient (Wildman–Crippen LogP) is 6.97. The van der Waals surface area contributed by atoms with Crippen molar-refractivity contribution in [3.05, 3.63) is 117 Å². The van der Waals surface area contributed by atoms with E-state index in [0.29, 0.717) is 24.2 Å². The van der Waals surface area contributed by atoms with E-state index in [0.717, 1.165) is 35.6 Å². The molecule has 4 nitrogen and oxygen atoms in total.